The van der Waals surface area contributed by atoms with Gasteiger partial charge in [0.1, 0.15) is 0 Å². The molecule has 28 heavy (non-hydrogen) atoms. The Hall–Kier alpha value is -3.38. The van der Waals surface area contributed by atoms with Crippen LogP contribution in [0.25, 0.3) is 53.9 Å². The Morgan fingerprint density at radius 3 is 1.36 bits per heavy atom. The lowest BCUT2D eigenvalue weighted by Crippen LogP contribution is -1.85. The summed E-state index contributed by atoms with van der Waals surface area (Å²) in [6, 6.07) is 31.7. The molecule has 0 aliphatic rings. The maximum Gasteiger partial charge on any atom is -0.0146 e. The summed E-state index contributed by atoms with van der Waals surface area (Å²) in [7, 11) is 0. The van der Waals surface area contributed by atoms with Crippen molar-refractivity contribution in [3.63, 3.8) is 0 Å². The van der Waals surface area contributed by atoms with Gasteiger partial charge in [-0.2, -0.15) is 0 Å². The van der Waals surface area contributed by atoms with Crippen molar-refractivity contribution in [3.05, 3.63) is 96.1 Å². The lowest BCUT2D eigenvalue weighted by molar-refractivity contribution is 1.38. The van der Waals surface area contributed by atoms with Gasteiger partial charge in [-0.15, -0.1) is 0 Å². The van der Waals surface area contributed by atoms with Crippen molar-refractivity contribution in [1.82, 2.24) is 0 Å². The Bertz CT molecular complexity index is 1570. The molecule has 0 aliphatic carbocycles. The lowest BCUT2D eigenvalue weighted by Gasteiger charge is -2.10. The van der Waals surface area contributed by atoms with Crippen LogP contribution in [0.15, 0.2) is 84.9 Å². The van der Waals surface area contributed by atoms with Gasteiger partial charge in [-0.25, -0.2) is 0 Å². The molecule has 0 fully saturated rings. The van der Waals surface area contributed by atoms with E-state index in [2.05, 4.69) is 98.8 Å². The predicted octanol–water partition coefficient (Wildman–Crippen LogP) is 8.07. The van der Waals surface area contributed by atoms with Gasteiger partial charge >= 0.3 is 0 Å². The minimum absolute atomic E-state index is 1.30. The zero-order valence-corrected chi connectivity index (χ0v) is 16.1. The molecule has 0 spiro atoms. The van der Waals surface area contributed by atoms with Gasteiger partial charge in [0, 0.05) is 0 Å². The third-order valence-corrected chi connectivity index (χ3v) is 6.29. The topological polar surface area (TPSA) is 0 Å². The van der Waals surface area contributed by atoms with Crippen LogP contribution in [-0.4, -0.2) is 0 Å². The smallest absolute Gasteiger partial charge is 0.0146 e. The molecule has 0 N–H and O–H groups in total. The highest BCUT2D eigenvalue weighted by molar-refractivity contribution is 6.10. The maximum atomic E-state index is 2.36. The van der Waals surface area contributed by atoms with Crippen LogP contribution in [0.2, 0.25) is 0 Å². The molecule has 6 rings (SSSR count). The van der Waals surface area contributed by atoms with Crippen molar-refractivity contribution in [2.75, 3.05) is 0 Å². The van der Waals surface area contributed by atoms with Crippen LogP contribution in [0.5, 0.6) is 0 Å². The highest BCUT2D eigenvalue weighted by Gasteiger charge is 2.06. The first-order valence-corrected chi connectivity index (χ1v) is 9.86. The second kappa shape index (κ2) is 5.56. The minimum Gasteiger partial charge on any atom is -0.0616 e. The molecule has 6 aromatic carbocycles. The van der Waals surface area contributed by atoms with Crippen LogP contribution in [0, 0.1) is 13.8 Å². The summed E-state index contributed by atoms with van der Waals surface area (Å²) in [4.78, 5) is 0. The molecule has 0 aromatic heterocycles. The standard InChI is InChI=1S/C28H20/c1-17-7-8-21-11-24-14-25-12-22-9-19-5-3-4-6-20(19)10-23(22)13-26(25)15-27(24)16-28(21)18(17)2/h3-16H,1-2H3. The van der Waals surface area contributed by atoms with Gasteiger partial charge in [-0.05, 0) is 127 Å². The van der Waals surface area contributed by atoms with Crippen LogP contribution in [0.3, 0.4) is 0 Å². The molecule has 0 unspecified atom stereocenters. The molecule has 0 bridgehead atoms. The van der Waals surface area contributed by atoms with E-state index in [1.807, 2.05) is 0 Å². The van der Waals surface area contributed by atoms with Crippen molar-refractivity contribution in [2.45, 2.75) is 13.8 Å². The Balaban J connectivity index is 1.70. The SMILES string of the molecule is Cc1ccc2cc3cc4cc5cc6ccccc6cc5cc4cc3cc2c1C. The first-order chi connectivity index (χ1) is 13.7. The average Bonchev–Trinajstić information content (AvgIpc) is 2.71. The Kier molecular flexibility index (Phi) is 3.11. The number of benzene rings is 6. The van der Waals surface area contributed by atoms with Crippen molar-refractivity contribution in [1.29, 1.82) is 0 Å². The summed E-state index contributed by atoms with van der Waals surface area (Å²) in [5, 5.41) is 13.1. The van der Waals surface area contributed by atoms with Gasteiger partial charge in [-0.3, -0.25) is 0 Å². The number of rotatable bonds is 0. The first kappa shape index (κ1) is 15.7. The molecule has 0 atom stereocenters. The van der Waals surface area contributed by atoms with Crippen molar-refractivity contribution < 1.29 is 0 Å². The number of aryl methyl sites for hydroxylation is 2. The van der Waals surface area contributed by atoms with Gasteiger partial charge in [0.25, 0.3) is 0 Å². The molecule has 0 heteroatoms. The van der Waals surface area contributed by atoms with Gasteiger partial charge in [0.05, 0.1) is 0 Å². The van der Waals surface area contributed by atoms with E-state index in [1.165, 1.54) is 65.0 Å². The average molecular weight is 356 g/mol. The summed E-state index contributed by atoms with van der Waals surface area (Å²) < 4.78 is 0. The summed E-state index contributed by atoms with van der Waals surface area (Å²) in [6.07, 6.45) is 0. The van der Waals surface area contributed by atoms with Gasteiger partial charge in [-0.1, -0.05) is 36.4 Å². The van der Waals surface area contributed by atoms with Crippen LogP contribution in [-0.2, 0) is 0 Å². The van der Waals surface area contributed by atoms with E-state index < -0.39 is 0 Å². The van der Waals surface area contributed by atoms with Crippen LogP contribution >= 0.6 is 0 Å². The van der Waals surface area contributed by atoms with Crippen LogP contribution in [0.1, 0.15) is 11.1 Å². The monoisotopic (exact) mass is 356 g/mol. The second-order valence-corrected chi connectivity index (χ2v) is 8.03. The zero-order valence-electron chi connectivity index (χ0n) is 16.1. The molecule has 0 aliphatic heterocycles. The van der Waals surface area contributed by atoms with E-state index in [4.69, 9.17) is 0 Å². The Morgan fingerprint density at radius 1 is 0.393 bits per heavy atom. The summed E-state index contributed by atoms with van der Waals surface area (Å²) in [5.74, 6) is 0. The molecular weight excluding hydrogens is 336 g/mol. The van der Waals surface area contributed by atoms with Gasteiger partial charge in [0.2, 0.25) is 0 Å². The highest BCUT2D eigenvalue weighted by atomic mass is 14.1. The van der Waals surface area contributed by atoms with Crippen molar-refractivity contribution in [3.8, 4) is 0 Å². The van der Waals surface area contributed by atoms with Crippen molar-refractivity contribution in [2.24, 2.45) is 0 Å². The largest absolute Gasteiger partial charge is 0.0616 e. The first-order valence-electron chi connectivity index (χ1n) is 9.86. The lowest BCUT2D eigenvalue weighted by atomic mass is 9.94. The third-order valence-electron chi connectivity index (χ3n) is 6.29. The second-order valence-electron chi connectivity index (χ2n) is 8.03. The minimum atomic E-state index is 1.30. The Labute approximate surface area is 164 Å². The van der Waals surface area contributed by atoms with Crippen LogP contribution < -0.4 is 0 Å². The molecule has 6 aromatic rings. The fraction of sp³-hybridized carbons (Fsp3) is 0.0714. The molecule has 0 radical (unpaired) electrons. The fourth-order valence-electron chi connectivity index (χ4n) is 4.53. The molecule has 0 heterocycles. The van der Waals surface area contributed by atoms with E-state index in [-0.39, 0.29) is 0 Å². The van der Waals surface area contributed by atoms with E-state index in [9.17, 15) is 0 Å². The number of fused-ring (bicyclic) bond motifs is 5. The predicted molar refractivity (Wildman–Crippen MR) is 123 cm³/mol. The van der Waals surface area contributed by atoms with Gasteiger partial charge < -0.3 is 0 Å². The van der Waals surface area contributed by atoms with E-state index in [0.717, 1.165) is 0 Å². The van der Waals surface area contributed by atoms with Crippen molar-refractivity contribution >= 4 is 53.9 Å². The van der Waals surface area contributed by atoms with E-state index in [1.54, 1.807) is 0 Å². The number of hydrogen-bond acceptors (Lipinski definition) is 0. The normalized spacial score (nSPS) is 11.9. The van der Waals surface area contributed by atoms with E-state index in [0.29, 0.717) is 0 Å². The highest BCUT2D eigenvalue weighted by Crippen LogP contribution is 2.33. The summed E-state index contributed by atoms with van der Waals surface area (Å²) >= 11 is 0. The number of hydrogen-bond donors (Lipinski definition) is 0. The zero-order chi connectivity index (χ0) is 18.8. The Morgan fingerprint density at radius 2 is 0.821 bits per heavy atom. The molecule has 0 saturated heterocycles. The summed E-state index contributed by atoms with van der Waals surface area (Å²) in [6.45, 7) is 4.42. The van der Waals surface area contributed by atoms with E-state index >= 15 is 0 Å². The summed E-state index contributed by atoms with van der Waals surface area (Å²) in [5.41, 5.74) is 2.73. The molecule has 0 amide bonds. The molecule has 0 nitrogen and oxygen atoms in total. The third kappa shape index (κ3) is 2.25. The quantitative estimate of drug-likeness (QED) is 0.241. The molecule has 0 saturated carbocycles. The molecule has 132 valence electrons. The maximum absolute atomic E-state index is 2.36. The van der Waals surface area contributed by atoms with Crippen LogP contribution in [0.4, 0.5) is 0 Å². The van der Waals surface area contributed by atoms with Gasteiger partial charge in [0.15, 0.2) is 0 Å². The fourth-order valence-corrected chi connectivity index (χ4v) is 4.53. The molecular formula is C28H20.